The number of benzene rings is 7. The smallest absolute Gasteiger partial charge is 0.0789 e. The normalized spacial score (nSPS) is 11.8. The van der Waals surface area contributed by atoms with Gasteiger partial charge < -0.3 is 9.13 Å². The summed E-state index contributed by atoms with van der Waals surface area (Å²) in [5, 5.41) is 7.50. The van der Waals surface area contributed by atoms with Crippen LogP contribution in [0.1, 0.15) is 0 Å². The zero-order valence-electron chi connectivity index (χ0n) is 22.9. The van der Waals surface area contributed by atoms with Gasteiger partial charge in [-0.2, -0.15) is 0 Å². The third kappa shape index (κ3) is 3.27. The Labute approximate surface area is 243 Å². The fourth-order valence-corrected chi connectivity index (χ4v) is 6.86. The van der Waals surface area contributed by atoms with Gasteiger partial charge in [0, 0.05) is 32.8 Å². The van der Waals surface area contributed by atoms with Gasteiger partial charge in [-0.25, -0.2) is 0 Å². The quantitative estimate of drug-likeness (QED) is 0.213. The van der Waals surface area contributed by atoms with Crippen LogP contribution in [0.3, 0.4) is 0 Å². The lowest BCUT2D eigenvalue weighted by Gasteiger charge is -2.17. The maximum atomic E-state index is 2.51. The number of rotatable bonds is 3. The van der Waals surface area contributed by atoms with Crippen molar-refractivity contribution in [3.05, 3.63) is 158 Å². The fourth-order valence-electron chi connectivity index (χ4n) is 6.86. The summed E-state index contributed by atoms with van der Waals surface area (Å²) in [4.78, 5) is 0. The molecule has 0 aliphatic heterocycles. The first-order chi connectivity index (χ1) is 20.9. The second-order valence-electron chi connectivity index (χ2n) is 11.0. The van der Waals surface area contributed by atoms with Crippen LogP contribution < -0.4 is 0 Å². The van der Waals surface area contributed by atoms with E-state index in [2.05, 4.69) is 167 Å². The molecule has 42 heavy (non-hydrogen) atoms. The van der Waals surface area contributed by atoms with Gasteiger partial charge in [-0.3, -0.25) is 0 Å². The van der Waals surface area contributed by atoms with E-state index in [1.54, 1.807) is 0 Å². The molecular formula is C40H26N2. The van der Waals surface area contributed by atoms with Gasteiger partial charge in [-0.15, -0.1) is 0 Å². The van der Waals surface area contributed by atoms with Gasteiger partial charge in [0.15, 0.2) is 0 Å². The summed E-state index contributed by atoms with van der Waals surface area (Å²) in [6.45, 7) is 0. The second kappa shape index (κ2) is 8.95. The molecule has 0 spiro atoms. The van der Waals surface area contributed by atoms with Gasteiger partial charge in [-0.1, -0.05) is 121 Å². The van der Waals surface area contributed by atoms with Crippen molar-refractivity contribution in [1.29, 1.82) is 0 Å². The first-order valence-corrected chi connectivity index (χ1v) is 14.5. The molecule has 0 saturated heterocycles. The van der Waals surface area contributed by atoms with E-state index in [-0.39, 0.29) is 0 Å². The van der Waals surface area contributed by atoms with Crippen LogP contribution in [0.2, 0.25) is 0 Å². The molecule has 2 aromatic heterocycles. The van der Waals surface area contributed by atoms with Crippen LogP contribution in [0, 0.1) is 0 Å². The lowest BCUT2D eigenvalue weighted by molar-refractivity contribution is 1.15. The zero-order valence-corrected chi connectivity index (χ0v) is 22.9. The van der Waals surface area contributed by atoms with Crippen molar-refractivity contribution in [2.75, 3.05) is 0 Å². The Morgan fingerprint density at radius 1 is 0.357 bits per heavy atom. The topological polar surface area (TPSA) is 9.86 Å². The number of hydrogen-bond acceptors (Lipinski definition) is 0. The van der Waals surface area contributed by atoms with Crippen molar-refractivity contribution in [2.24, 2.45) is 0 Å². The molecule has 0 saturated carbocycles. The van der Waals surface area contributed by atoms with Crippen LogP contribution in [0.5, 0.6) is 0 Å². The van der Waals surface area contributed by atoms with E-state index in [0.29, 0.717) is 0 Å². The first-order valence-electron chi connectivity index (χ1n) is 14.5. The Balaban J connectivity index is 1.55. The first kappa shape index (κ1) is 23.1. The maximum absolute atomic E-state index is 2.51. The van der Waals surface area contributed by atoms with E-state index in [9.17, 15) is 0 Å². The molecule has 0 bridgehead atoms. The van der Waals surface area contributed by atoms with E-state index >= 15 is 0 Å². The molecule has 0 N–H and O–H groups in total. The van der Waals surface area contributed by atoms with Crippen LogP contribution in [0.15, 0.2) is 158 Å². The molecule has 0 fully saturated rings. The van der Waals surface area contributed by atoms with E-state index in [1.165, 1.54) is 71.2 Å². The van der Waals surface area contributed by atoms with Gasteiger partial charge in [0.05, 0.1) is 27.8 Å². The molecule has 2 heteroatoms. The zero-order chi connectivity index (χ0) is 27.6. The van der Waals surface area contributed by atoms with Crippen LogP contribution in [-0.2, 0) is 0 Å². The lowest BCUT2D eigenvalue weighted by Crippen LogP contribution is -2.00. The van der Waals surface area contributed by atoms with E-state index < -0.39 is 0 Å². The Kier molecular flexibility index (Phi) is 4.93. The van der Waals surface area contributed by atoms with Crippen molar-refractivity contribution in [2.45, 2.75) is 0 Å². The molecule has 0 aliphatic rings. The summed E-state index contributed by atoms with van der Waals surface area (Å²) < 4.78 is 4.96. The lowest BCUT2D eigenvalue weighted by atomic mass is 9.98. The van der Waals surface area contributed by atoms with Gasteiger partial charge >= 0.3 is 0 Å². The average molecular weight is 535 g/mol. The van der Waals surface area contributed by atoms with E-state index in [4.69, 9.17) is 0 Å². The molecule has 0 radical (unpaired) electrons. The Bertz CT molecular complexity index is 2440. The number of aromatic nitrogens is 2. The molecule has 0 unspecified atom stereocenters. The molecule has 9 aromatic rings. The minimum atomic E-state index is 1.16. The molecular weight excluding hydrogens is 508 g/mol. The highest BCUT2D eigenvalue weighted by molar-refractivity contribution is 6.24. The molecule has 196 valence electrons. The summed E-state index contributed by atoms with van der Waals surface area (Å²) in [5.41, 5.74) is 9.64. The van der Waals surface area contributed by atoms with Gasteiger partial charge in [-0.05, 0) is 52.7 Å². The van der Waals surface area contributed by atoms with Crippen molar-refractivity contribution < 1.29 is 0 Å². The monoisotopic (exact) mass is 534 g/mol. The highest BCUT2D eigenvalue weighted by Gasteiger charge is 2.22. The van der Waals surface area contributed by atoms with Crippen LogP contribution in [0.4, 0.5) is 0 Å². The molecule has 2 nitrogen and oxygen atoms in total. The van der Waals surface area contributed by atoms with Crippen LogP contribution in [-0.4, -0.2) is 9.13 Å². The largest absolute Gasteiger partial charge is 0.307 e. The molecule has 0 amide bonds. The Morgan fingerprint density at radius 3 is 1.52 bits per heavy atom. The number of hydrogen-bond donors (Lipinski definition) is 0. The van der Waals surface area contributed by atoms with Crippen LogP contribution in [0.25, 0.3) is 76.9 Å². The van der Waals surface area contributed by atoms with Gasteiger partial charge in [0.2, 0.25) is 0 Å². The number of nitrogens with zero attached hydrogens (tertiary/aromatic N) is 2. The SMILES string of the molecule is c1ccc(-c2cc3ccccc3cc2-n2c3ccccc3c3ccc4c5ccccc5n(-c5ccccc5)c4c32)cc1. The highest BCUT2D eigenvalue weighted by atomic mass is 15.0. The average Bonchev–Trinajstić information content (AvgIpc) is 3.58. The number of fused-ring (bicyclic) bond motifs is 8. The molecule has 0 atom stereocenters. The van der Waals surface area contributed by atoms with E-state index in [0.717, 1.165) is 5.69 Å². The fraction of sp³-hybridized carbons (Fsp3) is 0. The third-order valence-electron chi connectivity index (χ3n) is 8.67. The molecule has 2 heterocycles. The summed E-state index contributed by atoms with van der Waals surface area (Å²) >= 11 is 0. The molecule has 7 aromatic carbocycles. The summed E-state index contributed by atoms with van der Waals surface area (Å²) in [6.07, 6.45) is 0. The standard InChI is InChI=1S/C40H26N2/c1-3-13-27(14-4-1)35-25-28-15-7-8-16-29(28)26-38(35)42-37-22-12-10-20-32(37)34-24-23-33-31-19-9-11-21-36(31)41(39(33)40(34)42)30-17-5-2-6-18-30/h1-26H. The number of para-hydroxylation sites is 3. The van der Waals surface area contributed by atoms with Crippen LogP contribution >= 0.6 is 0 Å². The Morgan fingerprint density at radius 2 is 0.857 bits per heavy atom. The van der Waals surface area contributed by atoms with E-state index in [1.807, 2.05) is 0 Å². The highest BCUT2D eigenvalue weighted by Crippen LogP contribution is 2.43. The second-order valence-corrected chi connectivity index (χ2v) is 11.0. The van der Waals surface area contributed by atoms with Gasteiger partial charge in [0.25, 0.3) is 0 Å². The van der Waals surface area contributed by atoms with Crippen molar-refractivity contribution in [1.82, 2.24) is 9.13 Å². The predicted octanol–water partition coefficient (Wildman–Crippen LogP) is 10.7. The van der Waals surface area contributed by atoms with Crippen molar-refractivity contribution in [3.8, 4) is 22.5 Å². The molecule has 9 rings (SSSR count). The predicted molar refractivity (Wildman–Crippen MR) is 178 cm³/mol. The van der Waals surface area contributed by atoms with Crippen molar-refractivity contribution >= 4 is 54.4 Å². The summed E-state index contributed by atoms with van der Waals surface area (Å²) in [5.74, 6) is 0. The van der Waals surface area contributed by atoms with Crippen molar-refractivity contribution in [3.63, 3.8) is 0 Å². The minimum absolute atomic E-state index is 1.16. The van der Waals surface area contributed by atoms with Gasteiger partial charge in [0.1, 0.15) is 0 Å². The third-order valence-corrected chi connectivity index (χ3v) is 8.67. The summed E-state index contributed by atoms with van der Waals surface area (Å²) in [7, 11) is 0. The maximum Gasteiger partial charge on any atom is 0.0789 e. The summed E-state index contributed by atoms with van der Waals surface area (Å²) in [6, 6.07) is 57.2. The Hall–Kier alpha value is -5.60. The molecule has 0 aliphatic carbocycles. The minimum Gasteiger partial charge on any atom is -0.307 e.